The third-order valence-corrected chi connectivity index (χ3v) is 9.52. The molecule has 6 aromatic rings. The van der Waals surface area contributed by atoms with Crippen molar-refractivity contribution < 1.29 is 27.9 Å². The highest BCUT2D eigenvalue weighted by atomic mass is 19.1. The first-order valence-corrected chi connectivity index (χ1v) is 17.0. The van der Waals surface area contributed by atoms with Crippen LogP contribution in [0.5, 0.6) is 0 Å². The summed E-state index contributed by atoms with van der Waals surface area (Å²) in [4.78, 5) is 44.1. The highest BCUT2D eigenvalue weighted by molar-refractivity contribution is 6.11. The molecule has 0 saturated heterocycles. The molecule has 0 radical (unpaired) electrons. The molecule has 0 atom stereocenters. The van der Waals surface area contributed by atoms with Gasteiger partial charge in [-0.25, -0.2) is 13.6 Å². The predicted molar refractivity (Wildman–Crippen MR) is 196 cm³/mol. The summed E-state index contributed by atoms with van der Waals surface area (Å²) in [5, 5.41) is 10.4. The van der Waals surface area contributed by atoms with E-state index in [1.807, 2.05) is 31.3 Å². The van der Waals surface area contributed by atoms with Gasteiger partial charge in [-0.3, -0.25) is 9.59 Å². The summed E-state index contributed by atoms with van der Waals surface area (Å²) in [5.74, 6) is -1.32. The van der Waals surface area contributed by atoms with Crippen molar-refractivity contribution in [1.82, 2.24) is 30.8 Å². The Balaban J connectivity index is 0.000000164. The molecule has 4 aromatic carbocycles. The highest BCUT2D eigenvalue weighted by Gasteiger charge is 2.25. The minimum atomic E-state index is -0.444. The molecule has 4 heterocycles. The Hall–Kier alpha value is -6.01. The standard InChI is InChI=1S/C21H20FN3O3.C19H18FN3O/c1-25(21(27)28-2)11-12-3-5-13(6-4-12)19-15-7-8-23-20(26)16-9-14(22)10-17(24-19)18(15)16;1-21-10-11-2-4-12(5-3-11)18-14-6-7-22-19(24)15-8-13(20)9-16(23-18)17(14)15/h3-6,9-10,24H,7-8,11H2,1-2H3,(H,23,26);2-5,8-9,21,23H,6-7,10H2,1H3,(H,22,24). The molecular weight excluding hydrogens is 666 g/mol. The van der Waals surface area contributed by atoms with Crippen molar-refractivity contribution in [3.63, 3.8) is 0 Å². The zero-order valence-corrected chi connectivity index (χ0v) is 29.0. The molecule has 12 heteroatoms. The fourth-order valence-electron chi connectivity index (χ4n) is 7.14. The molecule has 2 aromatic heterocycles. The first kappa shape index (κ1) is 34.4. The van der Waals surface area contributed by atoms with Crippen LogP contribution in [0.4, 0.5) is 13.6 Å². The molecule has 5 N–H and O–H groups in total. The van der Waals surface area contributed by atoms with E-state index in [4.69, 9.17) is 4.74 Å². The quantitative estimate of drug-likeness (QED) is 0.136. The van der Waals surface area contributed by atoms with Crippen LogP contribution in [0.15, 0.2) is 72.8 Å². The molecule has 52 heavy (non-hydrogen) atoms. The number of H-pyrrole nitrogens is 2. The first-order valence-electron chi connectivity index (χ1n) is 17.0. The van der Waals surface area contributed by atoms with Gasteiger partial charge in [0.15, 0.2) is 0 Å². The normalized spacial score (nSPS) is 13.5. The van der Waals surface area contributed by atoms with Crippen molar-refractivity contribution in [2.45, 2.75) is 25.9 Å². The lowest BCUT2D eigenvalue weighted by molar-refractivity contribution is 0.0948. The Kier molecular flexibility index (Phi) is 9.48. The lowest BCUT2D eigenvalue weighted by Crippen LogP contribution is -2.25. The van der Waals surface area contributed by atoms with Crippen molar-refractivity contribution >= 4 is 39.7 Å². The van der Waals surface area contributed by atoms with E-state index in [-0.39, 0.29) is 11.8 Å². The number of benzene rings is 4. The van der Waals surface area contributed by atoms with Gasteiger partial charge >= 0.3 is 6.09 Å². The lowest BCUT2D eigenvalue weighted by Gasteiger charge is -2.15. The van der Waals surface area contributed by atoms with E-state index in [1.54, 1.807) is 7.05 Å². The van der Waals surface area contributed by atoms with Crippen molar-refractivity contribution in [3.05, 3.63) is 118 Å². The van der Waals surface area contributed by atoms with Gasteiger partial charge in [0.25, 0.3) is 11.8 Å². The number of ether oxygens (including phenoxy) is 1. The van der Waals surface area contributed by atoms with E-state index >= 15 is 0 Å². The second-order valence-electron chi connectivity index (χ2n) is 13.0. The van der Waals surface area contributed by atoms with E-state index in [1.165, 1.54) is 41.8 Å². The van der Waals surface area contributed by atoms with Crippen molar-refractivity contribution in [2.24, 2.45) is 0 Å². The number of nitrogens with one attached hydrogen (secondary N) is 5. The molecule has 0 bridgehead atoms. The van der Waals surface area contributed by atoms with E-state index in [0.29, 0.717) is 48.2 Å². The molecule has 0 unspecified atom stereocenters. The van der Waals surface area contributed by atoms with E-state index in [2.05, 4.69) is 50.2 Å². The van der Waals surface area contributed by atoms with Crippen LogP contribution in [0.2, 0.25) is 0 Å². The van der Waals surface area contributed by atoms with Crippen molar-refractivity contribution in [2.75, 3.05) is 34.3 Å². The third kappa shape index (κ3) is 6.60. The number of aromatic nitrogens is 2. The van der Waals surface area contributed by atoms with Crippen LogP contribution >= 0.6 is 0 Å². The van der Waals surface area contributed by atoms with Crippen LogP contribution in [0.1, 0.15) is 43.0 Å². The maximum absolute atomic E-state index is 14.0. The molecule has 266 valence electrons. The van der Waals surface area contributed by atoms with Crippen molar-refractivity contribution in [3.8, 4) is 22.5 Å². The summed E-state index contributed by atoms with van der Waals surface area (Å²) in [6.07, 6.45) is 0.983. The minimum Gasteiger partial charge on any atom is -0.453 e. The monoisotopic (exact) mass is 704 g/mol. The molecule has 0 spiro atoms. The van der Waals surface area contributed by atoms with E-state index in [0.717, 1.165) is 62.9 Å². The number of hydrogen-bond acceptors (Lipinski definition) is 5. The Morgan fingerprint density at radius 1 is 0.750 bits per heavy atom. The van der Waals surface area contributed by atoms with Crippen molar-refractivity contribution in [1.29, 1.82) is 0 Å². The van der Waals surface area contributed by atoms with Crippen LogP contribution in [0, 0.1) is 11.6 Å². The minimum absolute atomic E-state index is 0.215. The number of carbonyl (C=O) groups is 3. The molecule has 10 nitrogen and oxygen atoms in total. The second kappa shape index (κ2) is 14.3. The predicted octanol–water partition coefficient (Wildman–Crippen LogP) is 6.44. The summed E-state index contributed by atoms with van der Waals surface area (Å²) in [6.45, 7) is 2.29. The summed E-state index contributed by atoms with van der Waals surface area (Å²) in [7, 11) is 4.94. The van der Waals surface area contributed by atoms with Gasteiger partial charge in [-0.15, -0.1) is 0 Å². The molecule has 2 aliphatic rings. The Morgan fingerprint density at radius 2 is 1.21 bits per heavy atom. The number of carbonyl (C=O) groups excluding carboxylic acids is 3. The number of rotatable bonds is 6. The first-order chi connectivity index (χ1) is 25.1. The second-order valence-corrected chi connectivity index (χ2v) is 13.0. The van der Waals surface area contributed by atoms with E-state index < -0.39 is 17.7 Å². The zero-order valence-electron chi connectivity index (χ0n) is 29.0. The number of amides is 3. The molecule has 0 fully saturated rings. The van der Waals surface area contributed by atoms with Gasteiger partial charge in [0.1, 0.15) is 11.6 Å². The molecular formula is C40H38F2N6O4. The molecule has 2 aliphatic heterocycles. The molecule has 8 rings (SSSR count). The van der Waals surface area contributed by atoms with E-state index in [9.17, 15) is 23.2 Å². The maximum Gasteiger partial charge on any atom is 0.409 e. The number of hydrogen-bond donors (Lipinski definition) is 5. The number of methoxy groups -OCH3 is 1. The fourth-order valence-corrected chi connectivity index (χ4v) is 7.14. The Morgan fingerprint density at radius 3 is 1.65 bits per heavy atom. The smallest absolute Gasteiger partial charge is 0.409 e. The van der Waals surface area contributed by atoms with Crippen LogP contribution in [0.3, 0.4) is 0 Å². The van der Waals surface area contributed by atoms with Gasteiger partial charge in [-0.2, -0.15) is 0 Å². The van der Waals surface area contributed by atoms with Crippen LogP contribution in [-0.4, -0.2) is 67.1 Å². The highest BCUT2D eigenvalue weighted by Crippen LogP contribution is 2.36. The van der Waals surface area contributed by atoms with Gasteiger partial charge in [0, 0.05) is 66.4 Å². The average molecular weight is 705 g/mol. The summed E-state index contributed by atoms with van der Waals surface area (Å²) >= 11 is 0. The summed E-state index contributed by atoms with van der Waals surface area (Å²) < 4.78 is 32.6. The van der Waals surface area contributed by atoms with Crippen LogP contribution in [0.25, 0.3) is 44.3 Å². The van der Waals surface area contributed by atoms with Crippen LogP contribution < -0.4 is 16.0 Å². The maximum atomic E-state index is 14.0. The van der Waals surface area contributed by atoms with Gasteiger partial charge < -0.3 is 35.6 Å². The van der Waals surface area contributed by atoms with Gasteiger partial charge in [-0.05, 0) is 77.5 Å². The van der Waals surface area contributed by atoms with Gasteiger partial charge in [-0.1, -0.05) is 48.5 Å². The molecule has 0 aliphatic carbocycles. The molecule has 0 saturated carbocycles. The Labute approximate surface area is 298 Å². The lowest BCUT2D eigenvalue weighted by atomic mass is 9.99. The summed E-state index contributed by atoms with van der Waals surface area (Å²) in [5.41, 5.74) is 10.1. The Bertz CT molecular complexity index is 2330. The van der Waals surface area contributed by atoms with Crippen LogP contribution in [-0.2, 0) is 30.7 Å². The molecule has 3 amide bonds. The zero-order chi connectivity index (χ0) is 36.5. The SMILES string of the molecule is CNCc1ccc(-c2[nH]c3cc(F)cc4c3c2CCNC4=O)cc1.COC(=O)N(C)Cc1ccc(-c2[nH]c3cc(F)cc4c3c2CCNC4=O)cc1. The number of halogens is 2. The largest absolute Gasteiger partial charge is 0.453 e. The summed E-state index contributed by atoms with van der Waals surface area (Å²) in [6, 6.07) is 21.5. The van der Waals surface area contributed by atoms with Gasteiger partial charge in [0.05, 0.1) is 18.2 Å². The fraction of sp³-hybridized carbons (Fsp3) is 0.225. The topological polar surface area (TPSA) is 131 Å². The average Bonchev–Trinajstić information content (AvgIpc) is 3.57. The third-order valence-electron chi connectivity index (χ3n) is 9.52. The number of aromatic amines is 2. The van der Waals surface area contributed by atoms with Gasteiger partial charge in [0.2, 0.25) is 0 Å². The number of nitrogens with zero attached hydrogens (tertiary/aromatic N) is 1.